The number of aliphatic hydroxyl groups is 1. The zero-order valence-electron chi connectivity index (χ0n) is 10.3. The van der Waals surface area contributed by atoms with Crippen LogP contribution in [0.1, 0.15) is 5.69 Å². The van der Waals surface area contributed by atoms with Gasteiger partial charge >= 0.3 is 0 Å². The summed E-state index contributed by atoms with van der Waals surface area (Å²) in [6.07, 6.45) is 1.40. The van der Waals surface area contributed by atoms with E-state index >= 15 is 0 Å². The van der Waals surface area contributed by atoms with E-state index in [1.165, 1.54) is 16.6 Å². The van der Waals surface area contributed by atoms with Crippen LogP contribution in [0.2, 0.25) is 0 Å². The second-order valence-corrected chi connectivity index (χ2v) is 6.19. The number of aromatic nitrogens is 1. The summed E-state index contributed by atoms with van der Waals surface area (Å²) in [5.41, 5.74) is 0.490. The summed E-state index contributed by atoms with van der Waals surface area (Å²) in [7, 11) is 1.87. The number of sulfonamides is 1. The van der Waals surface area contributed by atoms with Gasteiger partial charge in [0.1, 0.15) is 0 Å². The van der Waals surface area contributed by atoms with Crippen molar-refractivity contribution in [3.05, 3.63) is 18.0 Å². The topological polar surface area (TPSA) is 76.6 Å². The molecule has 0 fully saturated rings. The van der Waals surface area contributed by atoms with E-state index in [1.54, 1.807) is 7.05 Å². The molecule has 0 saturated carbocycles. The van der Waals surface area contributed by atoms with Crippen molar-refractivity contribution in [2.75, 3.05) is 34.2 Å². The van der Waals surface area contributed by atoms with Crippen molar-refractivity contribution in [2.24, 2.45) is 0 Å². The van der Waals surface area contributed by atoms with Crippen molar-refractivity contribution in [2.45, 2.75) is 11.5 Å². The number of H-pyrrole nitrogens is 1. The Bertz CT molecular complexity index is 453. The minimum absolute atomic E-state index is 0.183. The molecule has 0 bridgehead atoms. The zero-order chi connectivity index (χ0) is 13.1. The van der Waals surface area contributed by atoms with Crippen LogP contribution in [0.3, 0.4) is 0 Å². The lowest BCUT2D eigenvalue weighted by molar-refractivity contribution is 0.277. The summed E-state index contributed by atoms with van der Waals surface area (Å²) in [4.78, 5) is 4.82. The maximum atomic E-state index is 12.1. The number of aromatic amines is 1. The first-order valence-electron chi connectivity index (χ1n) is 5.27. The third-order valence-electron chi connectivity index (χ3n) is 2.46. The minimum atomic E-state index is -3.46. The van der Waals surface area contributed by atoms with Crippen LogP contribution >= 0.6 is 0 Å². The van der Waals surface area contributed by atoms with Gasteiger partial charge in [-0.2, -0.15) is 4.31 Å². The van der Waals surface area contributed by atoms with Crippen molar-refractivity contribution >= 4 is 10.0 Å². The number of rotatable bonds is 6. The Labute approximate surface area is 102 Å². The Morgan fingerprint density at radius 3 is 2.41 bits per heavy atom. The predicted octanol–water partition coefficient (Wildman–Crippen LogP) is -0.311. The Hall–Kier alpha value is -0.890. The Morgan fingerprint density at radius 2 is 1.94 bits per heavy atom. The lowest BCUT2D eigenvalue weighted by Gasteiger charge is -2.18. The van der Waals surface area contributed by atoms with Crippen LogP contribution in [0.15, 0.2) is 17.2 Å². The number of hydrogen-bond donors (Lipinski definition) is 2. The Balaban J connectivity index is 2.79. The van der Waals surface area contributed by atoms with Gasteiger partial charge in [0, 0.05) is 32.0 Å². The van der Waals surface area contributed by atoms with Gasteiger partial charge < -0.3 is 15.0 Å². The second-order valence-electron chi connectivity index (χ2n) is 4.15. The average Bonchev–Trinajstić information content (AvgIpc) is 2.74. The van der Waals surface area contributed by atoms with Crippen LogP contribution in [0.5, 0.6) is 0 Å². The molecule has 0 aliphatic heterocycles. The lowest BCUT2D eigenvalue weighted by Crippen LogP contribution is -2.33. The first-order valence-corrected chi connectivity index (χ1v) is 6.71. The molecule has 0 unspecified atom stereocenters. The lowest BCUT2D eigenvalue weighted by atomic mass is 10.5. The fraction of sp³-hybridized carbons (Fsp3) is 0.600. The van der Waals surface area contributed by atoms with E-state index in [1.807, 2.05) is 19.0 Å². The molecule has 0 amide bonds. The Kier molecular flexibility index (Phi) is 4.70. The Morgan fingerprint density at radius 1 is 1.29 bits per heavy atom. The molecule has 2 N–H and O–H groups in total. The SMILES string of the molecule is CN(C)CCN(C)S(=O)(=O)c1c[nH]c(CO)c1. The van der Waals surface area contributed by atoms with Gasteiger partial charge in [-0.25, -0.2) is 8.42 Å². The fourth-order valence-corrected chi connectivity index (χ4v) is 2.48. The highest BCUT2D eigenvalue weighted by molar-refractivity contribution is 7.89. The van der Waals surface area contributed by atoms with Gasteiger partial charge in [-0.1, -0.05) is 0 Å². The van der Waals surface area contributed by atoms with Crippen LogP contribution in [0.25, 0.3) is 0 Å². The van der Waals surface area contributed by atoms with Crippen LogP contribution in [0, 0.1) is 0 Å². The molecule has 1 heterocycles. The van der Waals surface area contributed by atoms with E-state index in [2.05, 4.69) is 4.98 Å². The van der Waals surface area contributed by atoms with Crippen LogP contribution < -0.4 is 0 Å². The minimum Gasteiger partial charge on any atom is -0.390 e. The summed E-state index contributed by atoms with van der Waals surface area (Å²) in [6, 6.07) is 1.45. The summed E-state index contributed by atoms with van der Waals surface area (Å²) < 4.78 is 25.5. The highest BCUT2D eigenvalue weighted by atomic mass is 32.2. The van der Waals surface area contributed by atoms with E-state index in [0.29, 0.717) is 18.8 Å². The summed E-state index contributed by atoms with van der Waals surface area (Å²) >= 11 is 0. The molecule has 0 aromatic carbocycles. The third-order valence-corrected chi connectivity index (χ3v) is 4.29. The van der Waals surface area contributed by atoms with Crippen molar-refractivity contribution in [3.63, 3.8) is 0 Å². The van der Waals surface area contributed by atoms with Gasteiger partial charge in [-0.15, -0.1) is 0 Å². The van der Waals surface area contributed by atoms with Crippen LogP contribution in [-0.4, -0.2) is 61.9 Å². The summed E-state index contributed by atoms with van der Waals surface area (Å²) in [6.45, 7) is 0.888. The van der Waals surface area contributed by atoms with E-state index < -0.39 is 10.0 Å². The molecule has 1 rings (SSSR count). The van der Waals surface area contributed by atoms with Gasteiger partial charge in [0.15, 0.2) is 0 Å². The van der Waals surface area contributed by atoms with Crippen molar-refractivity contribution in [1.29, 1.82) is 0 Å². The molecule has 0 aliphatic rings. The van der Waals surface area contributed by atoms with E-state index in [0.717, 1.165) is 0 Å². The quantitative estimate of drug-likeness (QED) is 0.736. The van der Waals surface area contributed by atoms with Crippen molar-refractivity contribution in [3.8, 4) is 0 Å². The van der Waals surface area contributed by atoms with Gasteiger partial charge in [-0.3, -0.25) is 0 Å². The number of nitrogens with one attached hydrogen (secondary N) is 1. The van der Waals surface area contributed by atoms with Crippen LogP contribution in [0.4, 0.5) is 0 Å². The smallest absolute Gasteiger partial charge is 0.244 e. The molecule has 98 valence electrons. The second kappa shape index (κ2) is 5.63. The van der Waals surface area contributed by atoms with Crippen LogP contribution in [-0.2, 0) is 16.6 Å². The van der Waals surface area contributed by atoms with Gasteiger partial charge in [0.2, 0.25) is 10.0 Å². The molecular weight excluding hydrogens is 242 g/mol. The molecule has 6 nitrogen and oxygen atoms in total. The standard InChI is InChI=1S/C10H19N3O3S/c1-12(2)4-5-13(3)17(15,16)10-6-9(8-14)11-7-10/h6-7,11,14H,4-5,8H2,1-3H3. The van der Waals surface area contributed by atoms with Gasteiger partial charge in [0.05, 0.1) is 11.5 Å². The highest BCUT2D eigenvalue weighted by Gasteiger charge is 2.21. The van der Waals surface area contributed by atoms with E-state index in [9.17, 15) is 8.42 Å². The van der Waals surface area contributed by atoms with E-state index in [4.69, 9.17) is 5.11 Å². The average molecular weight is 261 g/mol. The molecule has 0 aliphatic carbocycles. The third kappa shape index (κ3) is 3.53. The molecule has 0 radical (unpaired) electrons. The normalized spacial score (nSPS) is 12.6. The maximum Gasteiger partial charge on any atom is 0.244 e. The molecule has 1 aromatic rings. The summed E-state index contributed by atoms with van der Waals surface area (Å²) in [5.74, 6) is 0. The number of hydrogen-bond acceptors (Lipinski definition) is 4. The number of aliphatic hydroxyl groups excluding tert-OH is 1. The largest absolute Gasteiger partial charge is 0.390 e. The maximum absolute atomic E-state index is 12.1. The monoisotopic (exact) mass is 261 g/mol. The fourth-order valence-electron chi connectivity index (χ4n) is 1.30. The first-order chi connectivity index (χ1) is 7.87. The molecule has 0 saturated heterocycles. The highest BCUT2D eigenvalue weighted by Crippen LogP contribution is 2.15. The molecule has 1 aromatic heterocycles. The molecule has 0 atom stereocenters. The zero-order valence-corrected chi connectivity index (χ0v) is 11.2. The van der Waals surface area contributed by atoms with E-state index in [-0.39, 0.29) is 11.5 Å². The van der Waals surface area contributed by atoms with Gasteiger partial charge in [0.25, 0.3) is 0 Å². The van der Waals surface area contributed by atoms with Crippen molar-refractivity contribution < 1.29 is 13.5 Å². The molecule has 7 heteroatoms. The number of likely N-dealkylation sites (N-methyl/N-ethyl adjacent to an activating group) is 2. The molecular formula is C10H19N3O3S. The predicted molar refractivity (Wildman–Crippen MR) is 65.1 cm³/mol. The van der Waals surface area contributed by atoms with Gasteiger partial charge in [-0.05, 0) is 20.2 Å². The molecule has 17 heavy (non-hydrogen) atoms. The number of nitrogens with zero attached hydrogens (tertiary/aromatic N) is 2. The first kappa shape index (κ1) is 14.2. The van der Waals surface area contributed by atoms with Crippen molar-refractivity contribution in [1.82, 2.24) is 14.2 Å². The summed E-state index contributed by atoms with van der Waals surface area (Å²) in [5, 5.41) is 8.89. The molecule has 0 spiro atoms.